The third kappa shape index (κ3) is 5.72. The van der Waals surface area contributed by atoms with Crippen molar-refractivity contribution in [3.63, 3.8) is 0 Å². The topological polar surface area (TPSA) is 37.8 Å². The van der Waals surface area contributed by atoms with Gasteiger partial charge in [0.2, 0.25) is 0 Å². The third-order valence-electron chi connectivity index (χ3n) is 2.00. The van der Waals surface area contributed by atoms with E-state index in [-0.39, 0.29) is 18.1 Å². The van der Waals surface area contributed by atoms with E-state index in [2.05, 4.69) is 15.3 Å². The van der Waals surface area contributed by atoms with Crippen LogP contribution >= 0.6 is 11.6 Å². The molecule has 0 spiro atoms. The predicted molar refractivity (Wildman–Crippen MR) is 60.2 cm³/mol. The number of anilines is 1. The standard InChI is InChI=1S/C10H13ClF3N3/c1-2-8-16-7(11)6-9(17-8)15-5-3-4-10(12,13)14/h6H,2-5H2,1H3,(H,15,16,17). The molecule has 0 amide bonds. The number of hydrogen-bond donors (Lipinski definition) is 1. The number of nitrogens with one attached hydrogen (secondary N) is 1. The fraction of sp³-hybridized carbons (Fsp3) is 0.600. The van der Waals surface area contributed by atoms with Crippen molar-refractivity contribution in [1.29, 1.82) is 0 Å². The predicted octanol–water partition coefficient (Wildman–Crippen LogP) is 3.45. The summed E-state index contributed by atoms with van der Waals surface area (Å²) in [4.78, 5) is 8.05. The van der Waals surface area contributed by atoms with Gasteiger partial charge in [-0.25, -0.2) is 9.97 Å². The van der Waals surface area contributed by atoms with Gasteiger partial charge >= 0.3 is 6.18 Å². The van der Waals surface area contributed by atoms with Gasteiger partial charge in [-0.2, -0.15) is 13.2 Å². The number of nitrogens with zero attached hydrogens (tertiary/aromatic N) is 2. The Morgan fingerprint density at radius 3 is 2.65 bits per heavy atom. The van der Waals surface area contributed by atoms with Gasteiger partial charge in [-0.05, 0) is 6.42 Å². The molecule has 7 heteroatoms. The van der Waals surface area contributed by atoms with Crippen LogP contribution in [-0.2, 0) is 6.42 Å². The highest BCUT2D eigenvalue weighted by Crippen LogP contribution is 2.21. The number of rotatable bonds is 5. The van der Waals surface area contributed by atoms with E-state index >= 15 is 0 Å². The summed E-state index contributed by atoms with van der Waals surface area (Å²) < 4.78 is 35.7. The summed E-state index contributed by atoms with van der Waals surface area (Å²) in [6.07, 6.45) is -4.29. The molecule has 0 aliphatic carbocycles. The van der Waals surface area contributed by atoms with Crippen LogP contribution in [0.5, 0.6) is 0 Å². The van der Waals surface area contributed by atoms with Gasteiger partial charge < -0.3 is 5.32 Å². The largest absolute Gasteiger partial charge is 0.389 e. The van der Waals surface area contributed by atoms with Gasteiger partial charge in [-0.1, -0.05) is 18.5 Å². The zero-order valence-corrected chi connectivity index (χ0v) is 10.1. The second-order valence-electron chi connectivity index (χ2n) is 3.49. The van der Waals surface area contributed by atoms with Crippen LogP contribution in [-0.4, -0.2) is 22.7 Å². The lowest BCUT2D eigenvalue weighted by Crippen LogP contribution is -2.12. The Morgan fingerprint density at radius 2 is 2.06 bits per heavy atom. The number of aromatic nitrogens is 2. The molecule has 0 aliphatic rings. The Kier molecular flexibility index (Phi) is 4.99. The van der Waals surface area contributed by atoms with Crippen LogP contribution < -0.4 is 5.32 Å². The van der Waals surface area contributed by atoms with Crippen LogP contribution in [0.2, 0.25) is 5.15 Å². The molecule has 17 heavy (non-hydrogen) atoms. The Balaban J connectivity index is 2.44. The van der Waals surface area contributed by atoms with Gasteiger partial charge in [0.25, 0.3) is 0 Å². The van der Waals surface area contributed by atoms with Gasteiger partial charge in [0.15, 0.2) is 0 Å². The summed E-state index contributed by atoms with van der Waals surface area (Å²) in [5.41, 5.74) is 0. The molecule has 0 aromatic carbocycles. The summed E-state index contributed by atoms with van der Waals surface area (Å²) in [6, 6.07) is 1.49. The molecule has 0 radical (unpaired) electrons. The summed E-state index contributed by atoms with van der Waals surface area (Å²) in [7, 11) is 0. The Morgan fingerprint density at radius 1 is 1.35 bits per heavy atom. The molecule has 0 unspecified atom stereocenters. The van der Waals surface area contributed by atoms with Crippen LogP contribution in [0.4, 0.5) is 19.0 Å². The number of halogens is 4. The summed E-state index contributed by atoms with van der Waals surface area (Å²) >= 11 is 5.74. The smallest absolute Gasteiger partial charge is 0.370 e. The van der Waals surface area contributed by atoms with Crippen LogP contribution in [0, 0.1) is 0 Å². The maximum atomic E-state index is 11.9. The monoisotopic (exact) mass is 267 g/mol. The summed E-state index contributed by atoms with van der Waals surface area (Å²) in [5.74, 6) is 1.03. The van der Waals surface area contributed by atoms with Crippen molar-refractivity contribution in [3.05, 3.63) is 17.0 Å². The molecule has 1 rings (SSSR count). The zero-order valence-electron chi connectivity index (χ0n) is 9.31. The molecule has 0 fully saturated rings. The lowest BCUT2D eigenvalue weighted by molar-refractivity contribution is -0.134. The van der Waals surface area contributed by atoms with Gasteiger partial charge in [-0.15, -0.1) is 0 Å². The van der Waals surface area contributed by atoms with E-state index in [0.717, 1.165) is 0 Å². The van der Waals surface area contributed by atoms with Crippen molar-refractivity contribution in [2.75, 3.05) is 11.9 Å². The Labute approximate surface area is 102 Å². The maximum absolute atomic E-state index is 11.9. The molecule has 96 valence electrons. The minimum atomic E-state index is -4.11. The van der Waals surface area contributed by atoms with E-state index in [9.17, 15) is 13.2 Å². The molecular formula is C10H13ClF3N3. The maximum Gasteiger partial charge on any atom is 0.389 e. The SMILES string of the molecule is CCc1nc(Cl)cc(NCCCC(F)(F)F)n1. The minimum Gasteiger partial charge on any atom is -0.370 e. The number of aryl methyl sites for hydroxylation is 1. The highest BCUT2D eigenvalue weighted by atomic mass is 35.5. The number of alkyl halides is 3. The van der Waals surface area contributed by atoms with Crippen molar-refractivity contribution < 1.29 is 13.2 Å². The first-order valence-electron chi connectivity index (χ1n) is 5.25. The lowest BCUT2D eigenvalue weighted by atomic mass is 10.3. The lowest BCUT2D eigenvalue weighted by Gasteiger charge is -2.08. The van der Waals surface area contributed by atoms with Crippen molar-refractivity contribution in [3.8, 4) is 0 Å². The molecule has 1 heterocycles. The summed E-state index contributed by atoms with van der Waals surface area (Å²) in [6.45, 7) is 2.08. The first-order valence-corrected chi connectivity index (χ1v) is 5.62. The second-order valence-corrected chi connectivity index (χ2v) is 3.88. The fourth-order valence-corrected chi connectivity index (χ4v) is 1.42. The molecule has 3 nitrogen and oxygen atoms in total. The highest BCUT2D eigenvalue weighted by molar-refractivity contribution is 6.29. The molecule has 1 aromatic rings. The van der Waals surface area contributed by atoms with Crippen molar-refractivity contribution >= 4 is 17.4 Å². The normalized spacial score (nSPS) is 11.6. The van der Waals surface area contributed by atoms with Crippen molar-refractivity contribution in [2.45, 2.75) is 32.4 Å². The Bertz CT molecular complexity index is 368. The summed E-state index contributed by atoms with van der Waals surface area (Å²) in [5, 5.41) is 3.08. The van der Waals surface area contributed by atoms with Gasteiger partial charge in [-0.3, -0.25) is 0 Å². The highest BCUT2D eigenvalue weighted by Gasteiger charge is 2.25. The number of hydrogen-bond acceptors (Lipinski definition) is 3. The molecule has 0 aliphatic heterocycles. The van der Waals surface area contributed by atoms with Crippen molar-refractivity contribution in [1.82, 2.24) is 9.97 Å². The molecule has 0 bridgehead atoms. The van der Waals surface area contributed by atoms with Crippen LogP contribution in [0.1, 0.15) is 25.6 Å². The van der Waals surface area contributed by atoms with E-state index in [1.54, 1.807) is 0 Å². The van der Waals surface area contributed by atoms with Gasteiger partial charge in [0, 0.05) is 25.5 Å². The van der Waals surface area contributed by atoms with E-state index < -0.39 is 12.6 Å². The van der Waals surface area contributed by atoms with Gasteiger partial charge in [0.1, 0.15) is 16.8 Å². The van der Waals surface area contributed by atoms with Crippen molar-refractivity contribution in [2.24, 2.45) is 0 Å². The van der Waals surface area contributed by atoms with Crippen LogP contribution in [0.15, 0.2) is 6.07 Å². The molecular weight excluding hydrogens is 255 g/mol. The zero-order chi connectivity index (χ0) is 12.9. The average molecular weight is 268 g/mol. The van der Waals surface area contributed by atoms with Crippen LogP contribution in [0.3, 0.4) is 0 Å². The third-order valence-corrected chi connectivity index (χ3v) is 2.19. The molecule has 0 saturated carbocycles. The second kappa shape index (κ2) is 6.05. The quantitative estimate of drug-likeness (QED) is 0.656. The van der Waals surface area contributed by atoms with E-state index in [0.29, 0.717) is 18.1 Å². The van der Waals surface area contributed by atoms with E-state index in [1.165, 1.54) is 6.07 Å². The molecule has 1 aromatic heterocycles. The molecule has 1 N–H and O–H groups in total. The first-order chi connectivity index (χ1) is 7.90. The fourth-order valence-electron chi connectivity index (χ4n) is 1.22. The van der Waals surface area contributed by atoms with E-state index in [4.69, 9.17) is 11.6 Å². The Hall–Kier alpha value is -1.04. The average Bonchev–Trinajstić information content (AvgIpc) is 2.22. The van der Waals surface area contributed by atoms with E-state index in [1.807, 2.05) is 6.92 Å². The van der Waals surface area contributed by atoms with Gasteiger partial charge in [0.05, 0.1) is 0 Å². The van der Waals surface area contributed by atoms with Crippen LogP contribution in [0.25, 0.3) is 0 Å². The first kappa shape index (κ1) is 14.0. The minimum absolute atomic E-state index is 0.00653. The molecule has 0 atom stereocenters. The molecule has 0 saturated heterocycles.